The second kappa shape index (κ2) is 12.1. The minimum absolute atomic E-state index is 0.0343. The number of hydrogen-bond acceptors (Lipinski definition) is 8. The molecule has 0 aliphatic heterocycles. The summed E-state index contributed by atoms with van der Waals surface area (Å²) in [5.74, 6) is -0.466. The number of alkyl halides is 2. The number of benzene rings is 3. The molecule has 1 saturated carbocycles. The first-order valence-corrected chi connectivity index (χ1v) is 14.1. The van der Waals surface area contributed by atoms with E-state index in [2.05, 4.69) is 25.5 Å². The maximum Gasteiger partial charge on any atom is 0.345 e. The highest BCUT2D eigenvalue weighted by Crippen LogP contribution is 2.43. The number of fused-ring (bicyclic) bond motifs is 1. The van der Waals surface area contributed by atoms with E-state index in [1.807, 2.05) is 6.92 Å². The van der Waals surface area contributed by atoms with Crippen molar-refractivity contribution in [2.45, 2.75) is 38.0 Å². The van der Waals surface area contributed by atoms with E-state index in [0.717, 1.165) is 6.39 Å². The van der Waals surface area contributed by atoms with Crippen LogP contribution in [0, 0.1) is 5.82 Å². The van der Waals surface area contributed by atoms with Gasteiger partial charge in [-0.1, -0.05) is 17.3 Å². The smallest absolute Gasteiger partial charge is 0.345 e. The van der Waals surface area contributed by atoms with E-state index in [9.17, 15) is 22.8 Å². The van der Waals surface area contributed by atoms with Crippen molar-refractivity contribution < 1.29 is 41.2 Å². The molecule has 0 atom stereocenters. The fraction of sp³-hybridized carbons (Fsp3) is 0.250. The van der Waals surface area contributed by atoms with E-state index in [1.165, 1.54) is 31.3 Å². The Kier molecular flexibility index (Phi) is 8.02. The molecule has 6 rings (SSSR count). The van der Waals surface area contributed by atoms with Crippen molar-refractivity contribution in [3.05, 3.63) is 89.8 Å². The third kappa shape index (κ3) is 5.74. The van der Waals surface area contributed by atoms with Crippen LogP contribution >= 0.6 is 0 Å². The first-order valence-electron chi connectivity index (χ1n) is 14.1. The highest BCUT2D eigenvalue weighted by molar-refractivity contribution is 6.12. The molecule has 2 aromatic heterocycles. The predicted octanol–water partition coefficient (Wildman–Crippen LogP) is 6.07. The van der Waals surface area contributed by atoms with Crippen molar-refractivity contribution in [3.63, 3.8) is 0 Å². The first-order chi connectivity index (χ1) is 21.7. The fourth-order valence-electron chi connectivity index (χ4n) is 5.58. The summed E-state index contributed by atoms with van der Waals surface area (Å²) in [6.07, 6.45) is 0.375. The molecule has 10 nitrogen and oxygen atoms in total. The lowest BCUT2D eigenvalue weighted by atomic mass is 9.73. The number of nitrogens with one attached hydrogen (secondary N) is 2. The topological polar surface area (TPSA) is 129 Å². The van der Waals surface area contributed by atoms with Gasteiger partial charge in [-0.05, 0) is 55.0 Å². The molecule has 0 spiro atoms. The van der Waals surface area contributed by atoms with Gasteiger partial charge in [0.1, 0.15) is 28.4 Å². The molecule has 13 heteroatoms. The Labute approximate surface area is 254 Å². The van der Waals surface area contributed by atoms with Crippen LogP contribution in [0.5, 0.6) is 5.75 Å². The van der Waals surface area contributed by atoms with Crippen molar-refractivity contribution >= 4 is 22.8 Å². The lowest BCUT2D eigenvalue weighted by Gasteiger charge is -2.45. The summed E-state index contributed by atoms with van der Waals surface area (Å²) in [6.45, 7) is -0.809. The number of carbonyl (C=O) groups excluding carboxylic acids is 2. The fourth-order valence-corrected chi connectivity index (χ4v) is 5.58. The zero-order valence-electron chi connectivity index (χ0n) is 24.1. The second-order valence-electron chi connectivity index (χ2n) is 10.5. The molecular formula is C32H27F3N4O6. The average Bonchev–Trinajstić information content (AvgIpc) is 3.68. The average molecular weight is 621 g/mol. The zero-order valence-corrected chi connectivity index (χ0v) is 24.1. The molecule has 0 unspecified atom stereocenters. The Morgan fingerprint density at radius 1 is 1.07 bits per heavy atom. The number of furan rings is 1. The lowest BCUT2D eigenvalue weighted by molar-refractivity contribution is -0.198. The van der Waals surface area contributed by atoms with Crippen LogP contribution in [0.4, 0.5) is 13.2 Å². The normalized spacial score (nSPS) is 17.7. The molecule has 2 N–H and O–H groups in total. The van der Waals surface area contributed by atoms with Crippen LogP contribution in [-0.4, -0.2) is 48.3 Å². The van der Waals surface area contributed by atoms with Crippen molar-refractivity contribution in [1.29, 1.82) is 0 Å². The SMILES string of the molecule is CCOc1cc2oc(-c3ccc(F)cc3)c(C(=O)NC)c2cc1-c1cccc(C(=O)NC2(c3ncon3)CC(OC(F)F)C2)c1. The number of hydrogen-bond donors (Lipinski definition) is 2. The zero-order chi connectivity index (χ0) is 31.7. The van der Waals surface area contributed by atoms with Crippen LogP contribution < -0.4 is 15.4 Å². The van der Waals surface area contributed by atoms with Crippen LogP contribution in [0.2, 0.25) is 0 Å². The van der Waals surface area contributed by atoms with Crippen LogP contribution in [0.25, 0.3) is 33.4 Å². The Hall–Kier alpha value is -5.17. The number of rotatable bonds is 10. The molecule has 45 heavy (non-hydrogen) atoms. The summed E-state index contributed by atoms with van der Waals surface area (Å²) in [4.78, 5) is 30.7. The Morgan fingerprint density at radius 3 is 2.51 bits per heavy atom. The van der Waals surface area contributed by atoms with Gasteiger partial charge in [0, 0.05) is 48.0 Å². The van der Waals surface area contributed by atoms with Crippen LogP contribution in [0.15, 0.2) is 76.0 Å². The van der Waals surface area contributed by atoms with Crippen molar-refractivity contribution in [2.75, 3.05) is 13.7 Å². The molecule has 3 aromatic carbocycles. The van der Waals surface area contributed by atoms with Gasteiger partial charge in [-0.2, -0.15) is 13.8 Å². The van der Waals surface area contributed by atoms with E-state index in [4.69, 9.17) is 13.7 Å². The van der Waals surface area contributed by atoms with E-state index in [-0.39, 0.29) is 35.6 Å². The van der Waals surface area contributed by atoms with Crippen LogP contribution in [-0.2, 0) is 10.3 Å². The summed E-state index contributed by atoms with van der Waals surface area (Å²) in [5.41, 5.74) is 1.44. The summed E-state index contributed by atoms with van der Waals surface area (Å²) in [7, 11) is 1.50. The Morgan fingerprint density at radius 2 is 1.84 bits per heavy atom. The molecule has 0 radical (unpaired) electrons. The number of ether oxygens (including phenoxy) is 2. The molecule has 1 aliphatic rings. The standard InChI is InChI=1S/C32H27F3N4O6/c1-3-42-24-13-25-23(26(29(41)36-2)27(45-25)17-7-9-20(33)10-8-17)12-22(24)18-5-4-6-19(11-18)28(40)38-32(30-37-16-43-39-30)14-21(15-32)44-31(34)35/h4-13,16,21,31H,3,14-15H2,1-2H3,(H,36,41)(H,38,40). The van der Waals surface area contributed by atoms with Crippen molar-refractivity contribution in [1.82, 2.24) is 20.8 Å². The van der Waals surface area contributed by atoms with E-state index < -0.39 is 35.9 Å². The Bertz CT molecular complexity index is 1850. The largest absolute Gasteiger partial charge is 0.493 e. The van der Waals surface area contributed by atoms with Gasteiger partial charge in [0.05, 0.1) is 18.3 Å². The molecule has 1 aliphatic carbocycles. The Balaban J connectivity index is 1.38. The minimum atomic E-state index is -2.95. The summed E-state index contributed by atoms with van der Waals surface area (Å²) in [5, 5.41) is 9.84. The molecule has 0 bridgehead atoms. The second-order valence-corrected chi connectivity index (χ2v) is 10.5. The maximum atomic E-state index is 13.7. The molecular weight excluding hydrogens is 593 g/mol. The number of halogens is 3. The van der Waals surface area contributed by atoms with Crippen LogP contribution in [0.1, 0.15) is 46.3 Å². The van der Waals surface area contributed by atoms with Gasteiger partial charge in [0.2, 0.25) is 6.39 Å². The summed E-state index contributed by atoms with van der Waals surface area (Å²) in [6, 6.07) is 15.8. The maximum absolute atomic E-state index is 13.7. The number of nitrogens with zero attached hydrogens (tertiary/aromatic N) is 2. The van der Waals surface area contributed by atoms with Gasteiger partial charge in [-0.15, -0.1) is 0 Å². The number of amides is 2. The van der Waals surface area contributed by atoms with Gasteiger partial charge in [-0.3, -0.25) is 9.59 Å². The minimum Gasteiger partial charge on any atom is -0.493 e. The van der Waals surface area contributed by atoms with Crippen molar-refractivity contribution in [3.8, 4) is 28.2 Å². The van der Waals surface area contributed by atoms with Gasteiger partial charge in [0.25, 0.3) is 11.8 Å². The third-order valence-corrected chi connectivity index (χ3v) is 7.68. The highest BCUT2D eigenvalue weighted by Gasteiger charge is 2.51. The van der Waals surface area contributed by atoms with Crippen LogP contribution in [0.3, 0.4) is 0 Å². The molecule has 2 amide bonds. The highest BCUT2D eigenvalue weighted by atomic mass is 19.3. The summed E-state index contributed by atoms with van der Waals surface area (Å²) < 4.78 is 60.8. The van der Waals surface area contributed by atoms with Gasteiger partial charge < -0.3 is 29.0 Å². The lowest BCUT2D eigenvalue weighted by Crippen LogP contribution is -2.58. The van der Waals surface area contributed by atoms with Gasteiger partial charge in [0.15, 0.2) is 5.82 Å². The monoisotopic (exact) mass is 620 g/mol. The number of carbonyl (C=O) groups is 2. The van der Waals surface area contributed by atoms with E-state index in [0.29, 0.717) is 40.0 Å². The molecule has 5 aromatic rings. The van der Waals surface area contributed by atoms with Crippen molar-refractivity contribution in [2.24, 2.45) is 0 Å². The third-order valence-electron chi connectivity index (χ3n) is 7.68. The molecule has 2 heterocycles. The quantitative estimate of drug-likeness (QED) is 0.192. The summed E-state index contributed by atoms with van der Waals surface area (Å²) >= 11 is 0. The number of aromatic nitrogens is 2. The molecule has 232 valence electrons. The van der Waals surface area contributed by atoms with E-state index in [1.54, 1.807) is 36.4 Å². The predicted molar refractivity (Wildman–Crippen MR) is 155 cm³/mol. The van der Waals surface area contributed by atoms with Gasteiger partial charge in [-0.25, -0.2) is 4.39 Å². The first kappa shape index (κ1) is 29.9. The molecule has 0 saturated heterocycles. The molecule has 1 fully saturated rings. The van der Waals surface area contributed by atoms with Gasteiger partial charge >= 0.3 is 6.61 Å². The van der Waals surface area contributed by atoms with E-state index >= 15 is 0 Å².